The van der Waals surface area contributed by atoms with Crippen molar-refractivity contribution in [2.24, 2.45) is 5.92 Å². The van der Waals surface area contributed by atoms with E-state index in [4.69, 9.17) is 4.74 Å². The first kappa shape index (κ1) is 19.7. The molecule has 1 amide bonds. The summed E-state index contributed by atoms with van der Waals surface area (Å²) in [6.07, 6.45) is 5.70. The SMILES string of the molecule is CO[C@H]1C[C@H](C#N)N(C(=O)C2CCN(c3cnccc3-c3nnc(C)s3)CC2)C1. The van der Waals surface area contributed by atoms with Crippen LogP contribution in [0.4, 0.5) is 5.69 Å². The largest absolute Gasteiger partial charge is 0.379 e. The van der Waals surface area contributed by atoms with Gasteiger partial charge in [0.1, 0.15) is 16.1 Å². The molecule has 0 bridgehead atoms. The van der Waals surface area contributed by atoms with E-state index in [2.05, 4.69) is 26.2 Å². The third kappa shape index (κ3) is 3.95. The number of nitriles is 1. The normalized spacial score (nSPS) is 22.7. The van der Waals surface area contributed by atoms with Gasteiger partial charge in [-0.3, -0.25) is 9.78 Å². The molecule has 2 aromatic rings. The lowest BCUT2D eigenvalue weighted by atomic mass is 9.94. The number of nitrogens with zero attached hydrogens (tertiary/aromatic N) is 6. The lowest BCUT2D eigenvalue weighted by Crippen LogP contribution is -2.44. The van der Waals surface area contributed by atoms with Gasteiger partial charge in [-0.1, -0.05) is 11.3 Å². The molecular formula is C20H24N6O2S. The quantitative estimate of drug-likeness (QED) is 0.760. The van der Waals surface area contributed by atoms with Crippen LogP contribution in [0.25, 0.3) is 10.6 Å². The maximum Gasteiger partial charge on any atom is 0.226 e. The van der Waals surface area contributed by atoms with E-state index >= 15 is 0 Å². The van der Waals surface area contributed by atoms with Gasteiger partial charge in [0.2, 0.25) is 5.91 Å². The number of pyridine rings is 1. The van der Waals surface area contributed by atoms with Crippen LogP contribution in [0.5, 0.6) is 0 Å². The zero-order valence-electron chi connectivity index (χ0n) is 16.6. The summed E-state index contributed by atoms with van der Waals surface area (Å²) in [5, 5.41) is 19.6. The monoisotopic (exact) mass is 412 g/mol. The number of amides is 1. The van der Waals surface area contributed by atoms with Crippen molar-refractivity contribution in [3.05, 3.63) is 23.5 Å². The fourth-order valence-corrected chi connectivity index (χ4v) is 4.89. The van der Waals surface area contributed by atoms with Crippen LogP contribution >= 0.6 is 11.3 Å². The van der Waals surface area contributed by atoms with Crippen LogP contribution in [-0.2, 0) is 9.53 Å². The first-order chi connectivity index (χ1) is 14.1. The summed E-state index contributed by atoms with van der Waals surface area (Å²) in [6, 6.07) is 3.85. The van der Waals surface area contributed by atoms with Crippen LogP contribution < -0.4 is 4.90 Å². The number of likely N-dealkylation sites (tertiary alicyclic amines) is 1. The standard InChI is InChI=1S/C20H24N6O2S/c1-13-23-24-19(29-13)17-3-6-22-11-18(17)25-7-4-14(5-8-25)20(27)26-12-16(28-2)9-15(26)10-21/h3,6,11,14-16H,4-5,7-9,12H2,1-2H3/t15-,16+/m1/s1. The average Bonchev–Trinajstić information content (AvgIpc) is 3.39. The third-order valence-corrected chi connectivity index (χ3v) is 6.64. The molecule has 0 aromatic carbocycles. The third-order valence-electron chi connectivity index (χ3n) is 5.77. The molecule has 2 aliphatic heterocycles. The maximum absolute atomic E-state index is 13.0. The molecule has 2 fully saturated rings. The van der Waals surface area contributed by atoms with Crippen LogP contribution in [0.1, 0.15) is 24.3 Å². The van der Waals surface area contributed by atoms with Crippen LogP contribution in [0, 0.1) is 24.2 Å². The number of carbonyl (C=O) groups is 1. The van der Waals surface area contributed by atoms with Crippen molar-refractivity contribution in [1.29, 1.82) is 5.26 Å². The summed E-state index contributed by atoms with van der Waals surface area (Å²) in [7, 11) is 1.64. The van der Waals surface area contributed by atoms with E-state index in [0.717, 1.165) is 47.2 Å². The average molecular weight is 413 g/mol. The second-order valence-corrected chi connectivity index (χ2v) is 8.69. The number of carbonyl (C=O) groups excluding carboxylic acids is 1. The summed E-state index contributed by atoms with van der Waals surface area (Å²) in [5.74, 6) is 0.0310. The Balaban J connectivity index is 1.44. The van der Waals surface area contributed by atoms with E-state index < -0.39 is 0 Å². The number of ether oxygens (including phenoxy) is 1. The van der Waals surface area contributed by atoms with Gasteiger partial charge in [-0.25, -0.2) is 0 Å². The second kappa shape index (κ2) is 8.43. The number of hydrogen-bond acceptors (Lipinski definition) is 8. The lowest BCUT2D eigenvalue weighted by molar-refractivity contribution is -0.136. The van der Waals surface area contributed by atoms with Crippen molar-refractivity contribution >= 4 is 22.9 Å². The van der Waals surface area contributed by atoms with Crippen LogP contribution in [0.3, 0.4) is 0 Å². The molecule has 0 saturated carbocycles. The van der Waals surface area contributed by atoms with Crippen molar-refractivity contribution < 1.29 is 9.53 Å². The van der Waals surface area contributed by atoms with Crippen molar-refractivity contribution in [3.63, 3.8) is 0 Å². The summed E-state index contributed by atoms with van der Waals surface area (Å²) >= 11 is 1.57. The molecule has 0 spiro atoms. The van der Waals surface area contributed by atoms with Gasteiger partial charge < -0.3 is 14.5 Å². The Hall–Kier alpha value is -2.57. The topological polar surface area (TPSA) is 95.2 Å². The minimum Gasteiger partial charge on any atom is -0.379 e. The van der Waals surface area contributed by atoms with Gasteiger partial charge in [0.05, 0.1) is 24.1 Å². The molecule has 2 aromatic heterocycles. The van der Waals surface area contributed by atoms with Gasteiger partial charge in [-0.05, 0) is 25.8 Å². The number of aryl methyl sites for hydroxylation is 1. The number of aromatic nitrogens is 3. The zero-order chi connectivity index (χ0) is 20.4. The summed E-state index contributed by atoms with van der Waals surface area (Å²) in [4.78, 5) is 21.3. The van der Waals surface area contributed by atoms with Gasteiger partial charge in [0, 0.05) is 50.8 Å². The molecule has 2 atom stereocenters. The fraction of sp³-hybridized carbons (Fsp3) is 0.550. The molecule has 152 valence electrons. The van der Waals surface area contributed by atoms with Crippen LogP contribution in [0.2, 0.25) is 0 Å². The minimum absolute atomic E-state index is 0.0444. The Kier molecular flexibility index (Phi) is 5.74. The Morgan fingerprint density at radius 1 is 1.34 bits per heavy atom. The smallest absolute Gasteiger partial charge is 0.226 e. The van der Waals surface area contributed by atoms with E-state index in [1.807, 2.05) is 19.2 Å². The van der Waals surface area contributed by atoms with Gasteiger partial charge in [-0.15, -0.1) is 10.2 Å². The molecule has 0 aliphatic carbocycles. The molecule has 2 saturated heterocycles. The number of anilines is 1. The fourth-order valence-electron chi connectivity index (χ4n) is 4.16. The maximum atomic E-state index is 13.0. The van der Waals surface area contributed by atoms with E-state index in [0.29, 0.717) is 13.0 Å². The van der Waals surface area contributed by atoms with Crippen molar-refractivity contribution in [3.8, 4) is 16.6 Å². The van der Waals surface area contributed by atoms with E-state index in [1.54, 1.807) is 29.5 Å². The molecule has 4 heterocycles. The van der Waals surface area contributed by atoms with Gasteiger partial charge in [-0.2, -0.15) is 5.26 Å². The van der Waals surface area contributed by atoms with Crippen LogP contribution in [0.15, 0.2) is 18.5 Å². The molecule has 8 nitrogen and oxygen atoms in total. The highest BCUT2D eigenvalue weighted by molar-refractivity contribution is 7.14. The summed E-state index contributed by atoms with van der Waals surface area (Å²) in [5.41, 5.74) is 2.06. The van der Waals surface area contributed by atoms with Crippen molar-refractivity contribution in [2.45, 2.75) is 38.3 Å². The number of rotatable bonds is 4. The Labute approximate surface area is 174 Å². The first-order valence-corrected chi connectivity index (χ1v) is 10.6. The van der Waals surface area contributed by atoms with E-state index in [-0.39, 0.29) is 24.0 Å². The Morgan fingerprint density at radius 2 is 2.14 bits per heavy atom. The van der Waals surface area contributed by atoms with E-state index in [1.165, 1.54) is 0 Å². The summed E-state index contributed by atoms with van der Waals surface area (Å²) in [6.45, 7) is 3.99. The molecule has 29 heavy (non-hydrogen) atoms. The highest BCUT2D eigenvalue weighted by Gasteiger charge is 2.39. The molecule has 2 aliphatic rings. The van der Waals surface area contributed by atoms with Gasteiger partial charge in [0.15, 0.2) is 0 Å². The van der Waals surface area contributed by atoms with Gasteiger partial charge >= 0.3 is 0 Å². The highest BCUT2D eigenvalue weighted by Crippen LogP contribution is 2.35. The van der Waals surface area contributed by atoms with E-state index in [9.17, 15) is 10.1 Å². The van der Waals surface area contributed by atoms with Crippen LogP contribution in [-0.4, -0.2) is 64.9 Å². The molecule has 0 N–H and O–H groups in total. The molecule has 4 rings (SSSR count). The minimum atomic E-state index is -0.379. The molecular weight excluding hydrogens is 388 g/mol. The van der Waals surface area contributed by atoms with Crippen molar-refractivity contribution in [2.75, 3.05) is 31.6 Å². The molecule has 0 radical (unpaired) electrons. The second-order valence-electron chi connectivity index (χ2n) is 7.51. The zero-order valence-corrected chi connectivity index (χ0v) is 17.4. The molecule has 0 unspecified atom stereocenters. The molecule has 9 heteroatoms. The number of methoxy groups -OCH3 is 1. The predicted octanol–water partition coefficient (Wildman–Crippen LogP) is 2.26. The summed E-state index contributed by atoms with van der Waals surface area (Å²) < 4.78 is 5.37. The Morgan fingerprint density at radius 3 is 2.79 bits per heavy atom. The number of hydrogen-bond donors (Lipinski definition) is 0. The number of piperidine rings is 1. The van der Waals surface area contributed by atoms with Gasteiger partial charge in [0.25, 0.3) is 0 Å². The van der Waals surface area contributed by atoms with Crippen molar-refractivity contribution in [1.82, 2.24) is 20.1 Å². The first-order valence-electron chi connectivity index (χ1n) is 9.83. The predicted molar refractivity (Wildman–Crippen MR) is 109 cm³/mol. The highest BCUT2D eigenvalue weighted by atomic mass is 32.1. The Bertz CT molecular complexity index is 918. The lowest BCUT2D eigenvalue weighted by Gasteiger charge is -2.35.